The van der Waals surface area contributed by atoms with Gasteiger partial charge in [-0.05, 0) is 36.8 Å². The molecule has 1 N–H and O–H groups in total. The SMILES string of the molecule is CC(NC(=O)c1cc(-c2ccco2)on1)c1ccc2c(c1)OCCO2. The van der Waals surface area contributed by atoms with Crippen molar-refractivity contribution in [1.29, 1.82) is 0 Å². The van der Waals surface area contributed by atoms with Gasteiger partial charge in [0, 0.05) is 6.07 Å². The van der Waals surface area contributed by atoms with Crippen LogP contribution in [0.5, 0.6) is 11.5 Å². The Hall–Kier alpha value is -3.22. The van der Waals surface area contributed by atoms with E-state index in [-0.39, 0.29) is 17.6 Å². The highest BCUT2D eigenvalue weighted by Crippen LogP contribution is 2.32. The maximum Gasteiger partial charge on any atom is 0.273 e. The molecule has 7 heteroatoms. The number of amides is 1. The minimum absolute atomic E-state index is 0.191. The molecular weight excluding hydrogens is 324 g/mol. The molecule has 1 aromatic carbocycles. The maximum absolute atomic E-state index is 12.4. The molecule has 0 fully saturated rings. The summed E-state index contributed by atoms with van der Waals surface area (Å²) in [6, 6.07) is 10.4. The van der Waals surface area contributed by atoms with Gasteiger partial charge in [-0.25, -0.2) is 0 Å². The van der Waals surface area contributed by atoms with Crippen LogP contribution in [0.2, 0.25) is 0 Å². The molecule has 128 valence electrons. The Balaban J connectivity index is 1.47. The number of carbonyl (C=O) groups excluding carboxylic acids is 1. The van der Waals surface area contributed by atoms with Gasteiger partial charge in [0.1, 0.15) is 13.2 Å². The number of nitrogens with one attached hydrogen (secondary N) is 1. The largest absolute Gasteiger partial charge is 0.486 e. The van der Waals surface area contributed by atoms with Gasteiger partial charge in [-0.2, -0.15) is 0 Å². The smallest absolute Gasteiger partial charge is 0.273 e. The van der Waals surface area contributed by atoms with Gasteiger partial charge in [0.25, 0.3) is 5.91 Å². The molecule has 3 aromatic rings. The van der Waals surface area contributed by atoms with Gasteiger partial charge in [0.15, 0.2) is 23.0 Å². The Morgan fingerprint density at radius 1 is 1.12 bits per heavy atom. The lowest BCUT2D eigenvalue weighted by molar-refractivity contribution is 0.0930. The minimum Gasteiger partial charge on any atom is -0.486 e. The highest BCUT2D eigenvalue weighted by atomic mass is 16.6. The first-order chi connectivity index (χ1) is 12.2. The third kappa shape index (κ3) is 3.08. The fourth-order valence-electron chi connectivity index (χ4n) is 2.60. The average Bonchev–Trinajstić information content (AvgIpc) is 3.32. The Bertz CT molecular complexity index is 885. The van der Waals surface area contributed by atoms with Crippen molar-refractivity contribution in [3.63, 3.8) is 0 Å². The Labute approximate surface area is 143 Å². The Kier molecular flexibility index (Phi) is 3.89. The van der Waals surface area contributed by atoms with Gasteiger partial charge < -0.3 is 23.7 Å². The second-order valence-electron chi connectivity index (χ2n) is 5.65. The molecule has 1 unspecified atom stereocenters. The molecule has 0 aliphatic carbocycles. The second-order valence-corrected chi connectivity index (χ2v) is 5.65. The number of benzene rings is 1. The molecule has 3 heterocycles. The van der Waals surface area contributed by atoms with Crippen LogP contribution in [0.15, 0.2) is 51.6 Å². The summed E-state index contributed by atoms with van der Waals surface area (Å²) in [6.07, 6.45) is 1.53. The van der Waals surface area contributed by atoms with Crippen molar-refractivity contribution in [3.8, 4) is 23.0 Å². The summed E-state index contributed by atoms with van der Waals surface area (Å²) in [4.78, 5) is 12.4. The van der Waals surface area contributed by atoms with Crippen molar-refractivity contribution in [1.82, 2.24) is 10.5 Å². The molecule has 4 rings (SSSR count). The van der Waals surface area contributed by atoms with Crippen LogP contribution in [-0.2, 0) is 0 Å². The van der Waals surface area contributed by atoms with Crippen molar-refractivity contribution in [2.45, 2.75) is 13.0 Å². The Morgan fingerprint density at radius 2 is 1.96 bits per heavy atom. The molecule has 1 aliphatic rings. The van der Waals surface area contributed by atoms with Crippen molar-refractivity contribution in [2.24, 2.45) is 0 Å². The molecule has 0 saturated heterocycles. The van der Waals surface area contributed by atoms with Crippen LogP contribution in [0, 0.1) is 0 Å². The number of ether oxygens (including phenoxy) is 2. The predicted octanol–water partition coefficient (Wildman–Crippen LogP) is 3.20. The third-order valence-corrected chi connectivity index (χ3v) is 3.92. The standard InChI is InChI=1S/C18H16N2O5/c1-11(12-4-5-15-16(9-12)24-8-7-23-15)19-18(21)13-10-17(25-20-13)14-3-2-6-22-14/h2-6,9-11H,7-8H2,1H3,(H,19,21). The van der Waals surface area contributed by atoms with Crippen molar-refractivity contribution >= 4 is 5.91 Å². The summed E-state index contributed by atoms with van der Waals surface area (Å²) in [7, 11) is 0. The minimum atomic E-state index is -0.330. The van der Waals surface area contributed by atoms with E-state index in [9.17, 15) is 4.79 Å². The summed E-state index contributed by atoms with van der Waals surface area (Å²) in [5, 5.41) is 6.69. The van der Waals surface area contributed by atoms with Gasteiger partial charge in [-0.1, -0.05) is 11.2 Å². The average molecular weight is 340 g/mol. The quantitative estimate of drug-likeness (QED) is 0.785. The summed E-state index contributed by atoms with van der Waals surface area (Å²) in [6.45, 7) is 2.95. The van der Waals surface area contributed by atoms with Gasteiger partial charge >= 0.3 is 0 Å². The topological polar surface area (TPSA) is 86.7 Å². The number of hydrogen-bond acceptors (Lipinski definition) is 6. The van der Waals surface area contributed by atoms with Crippen LogP contribution in [0.25, 0.3) is 11.5 Å². The predicted molar refractivity (Wildman–Crippen MR) is 87.5 cm³/mol. The molecule has 25 heavy (non-hydrogen) atoms. The molecule has 1 atom stereocenters. The summed E-state index contributed by atoms with van der Waals surface area (Å²) < 4.78 is 21.5. The molecule has 0 radical (unpaired) electrons. The number of fused-ring (bicyclic) bond motifs is 1. The summed E-state index contributed by atoms with van der Waals surface area (Å²) >= 11 is 0. The number of aromatic nitrogens is 1. The lowest BCUT2D eigenvalue weighted by Crippen LogP contribution is -2.27. The van der Waals surface area contributed by atoms with E-state index in [1.54, 1.807) is 18.2 Å². The molecule has 1 aliphatic heterocycles. The van der Waals surface area contributed by atoms with Crippen LogP contribution in [-0.4, -0.2) is 24.3 Å². The van der Waals surface area contributed by atoms with E-state index in [0.717, 1.165) is 5.56 Å². The van der Waals surface area contributed by atoms with E-state index in [4.69, 9.17) is 18.4 Å². The molecule has 1 amide bonds. The fourth-order valence-corrected chi connectivity index (χ4v) is 2.60. The van der Waals surface area contributed by atoms with E-state index in [0.29, 0.717) is 36.2 Å². The highest BCUT2D eigenvalue weighted by molar-refractivity contribution is 5.93. The summed E-state index contributed by atoms with van der Waals surface area (Å²) in [5.74, 6) is 2.00. The van der Waals surface area contributed by atoms with Gasteiger partial charge in [-0.15, -0.1) is 0 Å². The van der Waals surface area contributed by atoms with Crippen molar-refractivity contribution in [3.05, 3.63) is 53.9 Å². The summed E-state index contributed by atoms with van der Waals surface area (Å²) in [5.41, 5.74) is 1.10. The van der Waals surface area contributed by atoms with Crippen LogP contribution < -0.4 is 14.8 Å². The maximum atomic E-state index is 12.4. The first kappa shape index (κ1) is 15.3. The fraction of sp³-hybridized carbons (Fsp3) is 0.222. The molecule has 0 spiro atoms. The lowest BCUT2D eigenvalue weighted by atomic mass is 10.1. The zero-order valence-electron chi connectivity index (χ0n) is 13.5. The molecular formula is C18H16N2O5. The van der Waals surface area contributed by atoms with Gasteiger partial charge in [0.05, 0.1) is 12.3 Å². The van der Waals surface area contributed by atoms with Crippen LogP contribution in [0.1, 0.15) is 29.0 Å². The highest BCUT2D eigenvalue weighted by Gasteiger charge is 2.19. The number of carbonyl (C=O) groups is 1. The second kappa shape index (κ2) is 6.35. The number of hydrogen-bond donors (Lipinski definition) is 1. The van der Waals surface area contributed by atoms with Crippen LogP contribution in [0.4, 0.5) is 0 Å². The van der Waals surface area contributed by atoms with Gasteiger partial charge in [-0.3, -0.25) is 4.79 Å². The zero-order valence-corrected chi connectivity index (χ0v) is 13.5. The Morgan fingerprint density at radius 3 is 2.76 bits per heavy atom. The molecule has 2 aromatic heterocycles. The number of furan rings is 1. The first-order valence-corrected chi connectivity index (χ1v) is 7.92. The van der Waals surface area contributed by atoms with Crippen LogP contribution >= 0.6 is 0 Å². The van der Waals surface area contributed by atoms with E-state index in [1.165, 1.54) is 6.26 Å². The normalized spacial score (nSPS) is 14.1. The molecule has 0 bridgehead atoms. The van der Waals surface area contributed by atoms with Crippen molar-refractivity contribution < 1.29 is 23.2 Å². The zero-order chi connectivity index (χ0) is 17.2. The van der Waals surface area contributed by atoms with E-state index >= 15 is 0 Å². The van der Waals surface area contributed by atoms with Crippen LogP contribution in [0.3, 0.4) is 0 Å². The van der Waals surface area contributed by atoms with E-state index in [1.807, 2.05) is 25.1 Å². The monoisotopic (exact) mass is 340 g/mol. The third-order valence-electron chi connectivity index (χ3n) is 3.92. The van der Waals surface area contributed by atoms with Crippen molar-refractivity contribution in [2.75, 3.05) is 13.2 Å². The number of rotatable bonds is 4. The lowest BCUT2D eigenvalue weighted by Gasteiger charge is -2.20. The molecule has 0 saturated carbocycles. The first-order valence-electron chi connectivity index (χ1n) is 7.92. The van der Waals surface area contributed by atoms with Gasteiger partial charge in [0.2, 0.25) is 5.76 Å². The molecule has 7 nitrogen and oxygen atoms in total. The van der Waals surface area contributed by atoms with E-state index < -0.39 is 0 Å². The van der Waals surface area contributed by atoms with E-state index in [2.05, 4.69) is 10.5 Å². The number of nitrogens with zero attached hydrogens (tertiary/aromatic N) is 1.